The smallest absolute Gasteiger partial charge is 0.241 e. The van der Waals surface area contributed by atoms with Gasteiger partial charge in [0, 0.05) is 5.69 Å². The minimum atomic E-state index is -0.536. The Morgan fingerprint density at radius 1 is 1.65 bits per heavy atom. The summed E-state index contributed by atoms with van der Waals surface area (Å²) in [5.74, 6) is 0.217. The van der Waals surface area contributed by atoms with E-state index in [0.717, 1.165) is 5.75 Å². The number of rotatable bonds is 5. The zero-order chi connectivity index (χ0) is 12.8. The Labute approximate surface area is 112 Å². The van der Waals surface area contributed by atoms with Gasteiger partial charge in [0.25, 0.3) is 0 Å². The third-order valence-electron chi connectivity index (χ3n) is 2.16. The molecule has 6 heteroatoms. The summed E-state index contributed by atoms with van der Waals surface area (Å²) >= 11 is 4.70. The predicted molar refractivity (Wildman–Crippen MR) is 73.7 cm³/mol. The van der Waals surface area contributed by atoms with Crippen molar-refractivity contribution in [2.24, 2.45) is 5.73 Å². The molecule has 94 valence electrons. The summed E-state index contributed by atoms with van der Waals surface area (Å²) in [5, 5.41) is 2.65. The first-order valence-electron chi connectivity index (χ1n) is 5.05. The molecule has 1 amide bonds. The molecule has 0 aromatic heterocycles. The maximum atomic E-state index is 13.0. The van der Waals surface area contributed by atoms with Crippen LogP contribution in [0.2, 0.25) is 0 Å². The van der Waals surface area contributed by atoms with Crippen molar-refractivity contribution in [2.45, 2.75) is 12.5 Å². The number of nitrogens with two attached hydrogens (primary N) is 1. The van der Waals surface area contributed by atoms with Crippen molar-refractivity contribution in [3.05, 3.63) is 28.5 Å². The summed E-state index contributed by atoms with van der Waals surface area (Å²) in [4.78, 5) is 11.7. The van der Waals surface area contributed by atoms with E-state index >= 15 is 0 Å². The van der Waals surface area contributed by atoms with E-state index in [9.17, 15) is 9.18 Å². The van der Waals surface area contributed by atoms with E-state index in [-0.39, 0.29) is 11.7 Å². The molecule has 0 saturated heterocycles. The number of carbonyl (C=O) groups excluding carboxylic acids is 1. The van der Waals surface area contributed by atoms with Gasteiger partial charge in [0.15, 0.2) is 0 Å². The van der Waals surface area contributed by atoms with Gasteiger partial charge in [0.2, 0.25) is 5.91 Å². The van der Waals surface area contributed by atoms with Crippen molar-refractivity contribution in [2.75, 3.05) is 17.3 Å². The van der Waals surface area contributed by atoms with Gasteiger partial charge < -0.3 is 11.1 Å². The van der Waals surface area contributed by atoms with Gasteiger partial charge in [-0.05, 0) is 52.6 Å². The molecule has 1 rings (SSSR count). The molecular formula is C11H14BrFN2OS. The van der Waals surface area contributed by atoms with Crippen LogP contribution >= 0.6 is 27.7 Å². The average molecular weight is 321 g/mol. The van der Waals surface area contributed by atoms with Gasteiger partial charge >= 0.3 is 0 Å². The molecule has 0 bridgehead atoms. The number of thioether (sulfide) groups is 1. The highest BCUT2D eigenvalue weighted by atomic mass is 79.9. The van der Waals surface area contributed by atoms with Crippen LogP contribution in [0.3, 0.4) is 0 Å². The molecule has 1 atom stereocenters. The molecular weight excluding hydrogens is 307 g/mol. The molecule has 0 fully saturated rings. The second kappa shape index (κ2) is 6.98. The van der Waals surface area contributed by atoms with Gasteiger partial charge in [-0.25, -0.2) is 4.39 Å². The van der Waals surface area contributed by atoms with Crippen LogP contribution in [0, 0.1) is 5.82 Å². The summed E-state index contributed by atoms with van der Waals surface area (Å²) in [6.07, 6.45) is 2.58. The molecule has 0 heterocycles. The highest BCUT2D eigenvalue weighted by molar-refractivity contribution is 9.10. The van der Waals surface area contributed by atoms with E-state index in [0.29, 0.717) is 16.6 Å². The lowest BCUT2D eigenvalue weighted by molar-refractivity contribution is -0.117. The summed E-state index contributed by atoms with van der Waals surface area (Å²) in [6.45, 7) is 0. The number of hydrogen-bond acceptors (Lipinski definition) is 3. The fourth-order valence-electron chi connectivity index (χ4n) is 1.18. The molecule has 0 aliphatic carbocycles. The monoisotopic (exact) mass is 320 g/mol. The molecule has 1 aromatic carbocycles. The number of carbonyl (C=O) groups is 1. The largest absolute Gasteiger partial charge is 0.325 e. The van der Waals surface area contributed by atoms with E-state index < -0.39 is 6.04 Å². The van der Waals surface area contributed by atoms with E-state index in [1.54, 1.807) is 11.8 Å². The zero-order valence-corrected chi connectivity index (χ0v) is 11.8. The Morgan fingerprint density at radius 2 is 2.35 bits per heavy atom. The predicted octanol–water partition coefficient (Wildman–Crippen LogP) is 2.61. The lowest BCUT2D eigenvalue weighted by atomic mass is 10.2. The van der Waals surface area contributed by atoms with E-state index in [4.69, 9.17) is 5.73 Å². The first-order chi connectivity index (χ1) is 8.04. The summed E-state index contributed by atoms with van der Waals surface area (Å²) in [6, 6.07) is 3.76. The van der Waals surface area contributed by atoms with Crippen LogP contribution in [0.1, 0.15) is 6.42 Å². The summed E-state index contributed by atoms with van der Waals surface area (Å²) < 4.78 is 13.3. The molecule has 3 nitrogen and oxygen atoms in total. The third kappa shape index (κ3) is 4.65. The SMILES string of the molecule is CSCC[C@H](N)C(=O)Nc1ccc(F)c(Br)c1. The second-order valence-electron chi connectivity index (χ2n) is 3.51. The average Bonchev–Trinajstić information content (AvgIpc) is 2.30. The summed E-state index contributed by atoms with van der Waals surface area (Å²) in [5.41, 5.74) is 6.24. The van der Waals surface area contributed by atoms with Crippen molar-refractivity contribution in [1.29, 1.82) is 0 Å². The Balaban J connectivity index is 2.58. The number of benzene rings is 1. The van der Waals surface area contributed by atoms with Crippen LogP contribution in [0.5, 0.6) is 0 Å². The van der Waals surface area contributed by atoms with Gasteiger partial charge in [-0.15, -0.1) is 0 Å². The third-order valence-corrected chi connectivity index (χ3v) is 3.41. The normalized spacial score (nSPS) is 12.2. The lowest BCUT2D eigenvalue weighted by Gasteiger charge is -2.11. The van der Waals surface area contributed by atoms with E-state index in [1.165, 1.54) is 18.2 Å². The van der Waals surface area contributed by atoms with Gasteiger partial charge in [0.05, 0.1) is 10.5 Å². The Morgan fingerprint density at radius 3 is 2.94 bits per heavy atom. The van der Waals surface area contributed by atoms with Gasteiger partial charge in [-0.1, -0.05) is 0 Å². The van der Waals surface area contributed by atoms with Gasteiger partial charge in [-0.2, -0.15) is 11.8 Å². The lowest BCUT2D eigenvalue weighted by Crippen LogP contribution is -2.36. The molecule has 0 radical (unpaired) electrons. The maximum Gasteiger partial charge on any atom is 0.241 e. The van der Waals surface area contributed by atoms with Crippen molar-refractivity contribution in [3.63, 3.8) is 0 Å². The van der Waals surface area contributed by atoms with Crippen LogP contribution in [0.4, 0.5) is 10.1 Å². The standard InChI is InChI=1S/C11H14BrFN2OS/c1-17-5-4-10(14)11(16)15-7-2-3-9(13)8(12)6-7/h2-3,6,10H,4-5,14H2,1H3,(H,15,16)/t10-/m0/s1. The molecule has 0 unspecified atom stereocenters. The minimum Gasteiger partial charge on any atom is -0.325 e. The Bertz CT molecular complexity index is 403. The molecule has 1 aromatic rings. The molecule has 3 N–H and O–H groups in total. The minimum absolute atomic E-state index is 0.252. The van der Waals surface area contributed by atoms with Crippen LogP contribution in [-0.4, -0.2) is 24.0 Å². The second-order valence-corrected chi connectivity index (χ2v) is 5.35. The Hall–Kier alpha value is -0.590. The molecule has 0 spiro atoms. The number of halogens is 2. The van der Waals surface area contributed by atoms with Crippen LogP contribution < -0.4 is 11.1 Å². The highest BCUT2D eigenvalue weighted by Gasteiger charge is 2.13. The molecule has 17 heavy (non-hydrogen) atoms. The van der Waals surface area contributed by atoms with E-state index in [1.807, 2.05) is 6.26 Å². The van der Waals surface area contributed by atoms with Crippen molar-refractivity contribution in [1.82, 2.24) is 0 Å². The topological polar surface area (TPSA) is 55.1 Å². The number of anilines is 1. The number of hydrogen-bond donors (Lipinski definition) is 2. The van der Waals surface area contributed by atoms with Crippen LogP contribution in [-0.2, 0) is 4.79 Å². The van der Waals surface area contributed by atoms with Gasteiger partial charge in [-0.3, -0.25) is 4.79 Å². The van der Waals surface area contributed by atoms with Crippen molar-refractivity contribution in [3.8, 4) is 0 Å². The summed E-state index contributed by atoms with van der Waals surface area (Å²) in [7, 11) is 0. The maximum absolute atomic E-state index is 13.0. The number of nitrogens with one attached hydrogen (secondary N) is 1. The number of amides is 1. The molecule has 0 saturated carbocycles. The fraction of sp³-hybridized carbons (Fsp3) is 0.364. The Kier molecular flexibility index (Phi) is 5.94. The molecule has 0 aliphatic rings. The fourth-order valence-corrected chi connectivity index (χ4v) is 2.05. The quantitative estimate of drug-likeness (QED) is 0.876. The van der Waals surface area contributed by atoms with Crippen molar-refractivity contribution >= 4 is 39.3 Å². The highest BCUT2D eigenvalue weighted by Crippen LogP contribution is 2.20. The van der Waals surface area contributed by atoms with Crippen LogP contribution in [0.15, 0.2) is 22.7 Å². The molecule has 0 aliphatic heterocycles. The van der Waals surface area contributed by atoms with Crippen molar-refractivity contribution < 1.29 is 9.18 Å². The first kappa shape index (κ1) is 14.5. The van der Waals surface area contributed by atoms with Crippen LogP contribution in [0.25, 0.3) is 0 Å². The zero-order valence-electron chi connectivity index (χ0n) is 9.37. The first-order valence-corrected chi connectivity index (χ1v) is 7.23. The van der Waals surface area contributed by atoms with E-state index in [2.05, 4.69) is 21.2 Å². The van der Waals surface area contributed by atoms with Gasteiger partial charge in [0.1, 0.15) is 5.82 Å².